The van der Waals surface area contributed by atoms with E-state index < -0.39 is 0 Å². The van der Waals surface area contributed by atoms with Crippen LogP contribution >= 0.6 is 0 Å². The van der Waals surface area contributed by atoms with Crippen molar-refractivity contribution in [3.63, 3.8) is 0 Å². The fourth-order valence-corrected chi connectivity index (χ4v) is 6.41. The van der Waals surface area contributed by atoms with E-state index >= 15 is 0 Å². The number of fused-ring (bicyclic) bond motifs is 1. The summed E-state index contributed by atoms with van der Waals surface area (Å²) in [6, 6.07) is 17.4. The van der Waals surface area contributed by atoms with Crippen LogP contribution in [0.2, 0.25) is 0 Å². The Morgan fingerprint density at radius 1 is 1.07 bits per heavy atom. The highest BCUT2D eigenvalue weighted by molar-refractivity contribution is 6.25. The summed E-state index contributed by atoms with van der Waals surface area (Å²) in [5.74, 6) is 1.31. The third-order valence-electron chi connectivity index (χ3n) is 8.76. The number of aromatic nitrogens is 2. The minimum Gasteiger partial charge on any atom is -0.492 e. The first-order valence-corrected chi connectivity index (χ1v) is 15.6. The van der Waals surface area contributed by atoms with Gasteiger partial charge in [-0.3, -0.25) is 9.89 Å². The number of benzene rings is 2. The van der Waals surface area contributed by atoms with Crippen LogP contribution in [-0.4, -0.2) is 79.7 Å². The highest BCUT2D eigenvalue weighted by Gasteiger charge is 2.27. The molecule has 1 aliphatic carbocycles. The lowest BCUT2D eigenvalue weighted by atomic mass is 9.88. The first kappa shape index (κ1) is 29.1. The lowest BCUT2D eigenvalue weighted by molar-refractivity contribution is 0.0321. The fourth-order valence-electron chi connectivity index (χ4n) is 6.41. The smallest absolute Gasteiger partial charge is 0.227 e. The Balaban J connectivity index is 1.20. The maximum atomic E-state index is 6.61. The van der Waals surface area contributed by atoms with Crippen molar-refractivity contribution in [1.82, 2.24) is 14.9 Å². The summed E-state index contributed by atoms with van der Waals surface area (Å²) in [5.41, 5.74) is 14.5. The minimum absolute atomic E-state index is 0.514. The molecule has 0 amide bonds. The van der Waals surface area contributed by atoms with Crippen molar-refractivity contribution in [3.05, 3.63) is 77.2 Å². The molecule has 3 aliphatic rings. The number of piperazine rings is 1. The quantitative estimate of drug-likeness (QED) is 0.346. The number of aryl methyl sites for hydroxylation is 1. The van der Waals surface area contributed by atoms with E-state index in [1.165, 1.54) is 11.3 Å². The van der Waals surface area contributed by atoms with Gasteiger partial charge in [0, 0.05) is 93.8 Å². The first-order chi connectivity index (χ1) is 21.1. The molecule has 226 valence electrons. The second-order valence-electron chi connectivity index (χ2n) is 11.4. The van der Waals surface area contributed by atoms with E-state index in [2.05, 4.69) is 55.4 Å². The van der Waals surface area contributed by atoms with Crippen LogP contribution in [0.5, 0.6) is 5.75 Å². The molecule has 0 radical (unpaired) electrons. The molecular weight excluding hydrogens is 538 g/mol. The third-order valence-corrected chi connectivity index (χ3v) is 8.76. The van der Waals surface area contributed by atoms with E-state index in [9.17, 15) is 0 Å². The summed E-state index contributed by atoms with van der Waals surface area (Å²) >= 11 is 0. The monoisotopic (exact) mass is 581 g/mol. The fraction of sp³-hybridized carbons (Fsp3) is 0.441. The molecular formula is C34H43N7O2. The molecule has 6 rings (SSSR count). The van der Waals surface area contributed by atoms with Crippen molar-refractivity contribution in [3.8, 4) is 5.75 Å². The Morgan fingerprint density at radius 2 is 1.86 bits per heavy atom. The van der Waals surface area contributed by atoms with Crippen molar-refractivity contribution in [2.75, 3.05) is 63.3 Å². The Hall–Kier alpha value is -3.95. The molecule has 43 heavy (non-hydrogen) atoms. The number of ether oxygens (including phenoxy) is 2. The minimum atomic E-state index is 0.514. The number of nitrogens with two attached hydrogens (primary N) is 1. The molecule has 0 atom stereocenters. The predicted molar refractivity (Wildman–Crippen MR) is 173 cm³/mol. The molecule has 2 aromatic carbocycles. The summed E-state index contributed by atoms with van der Waals surface area (Å²) in [4.78, 5) is 19.4. The molecule has 9 nitrogen and oxygen atoms in total. The average Bonchev–Trinajstić information content (AvgIpc) is 3.06. The lowest BCUT2D eigenvalue weighted by Gasteiger charge is -2.41. The summed E-state index contributed by atoms with van der Waals surface area (Å²) in [6.45, 7) is 8.51. The molecule has 0 saturated carbocycles. The zero-order valence-corrected chi connectivity index (χ0v) is 25.4. The number of hydrogen-bond donors (Lipinski definition) is 2. The van der Waals surface area contributed by atoms with Gasteiger partial charge >= 0.3 is 0 Å². The number of aliphatic imine (C=N–C) groups is 1. The molecule has 3 aromatic rings. The van der Waals surface area contributed by atoms with Crippen molar-refractivity contribution in [2.45, 2.75) is 45.1 Å². The van der Waals surface area contributed by atoms with Crippen molar-refractivity contribution < 1.29 is 9.47 Å². The Morgan fingerprint density at radius 3 is 2.60 bits per heavy atom. The van der Waals surface area contributed by atoms with Gasteiger partial charge in [0.25, 0.3) is 0 Å². The van der Waals surface area contributed by atoms with Crippen LogP contribution in [0.1, 0.15) is 43.0 Å². The topological polar surface area (TPSA) is 101 Å². The molecule has 0 unspecified atom stereocenters. The number of rotatable bonds is 9. The molecule has 2 fully saturated rings. The Kier molecular flexibility index (Phi) is 9.19. The van der Waals surface area contributed by atoms with Crippen molar-refractivity contribution in [2.24, 2.45) is 10.7 Å². The van der Waals surface area contributed by atoms with Crippen LogP contribution in [0, 0.1) is 0 Å². The van der Waals surface area contributed by atoms with Gasteiger partial charge in [0.2, 0.25) is 5.95 Å². The van der Waals surface area contributed by atoms with Gasteiger partial charge in [-0.15, -0.1) is 0 Å². The van der Waals surface area contributed by atoms with Gasteiger partial charge in [-0.2, -0.15) is 0 Å². The van der Waals surface area contributed by atoms with Crippen LogP contribution in [-0.2, 0) is 17.6 Å². The highest BCUT2D eigenvalue weighted by Crippen LogP contribution is 2.34. The number of nitrogens with zero attached hydrogens (tertiary/aromatic N) is 5. The summed E-state index contributed by atoms with van der Waals surface area (Å²) in [5, 5.41) is 3.44. The molecule has 3 heterocycles. The normalized spacial score (nSPS) is 18.5. The van der Waals surface area contributed by atoms with Crippen molar-refractivity contribution >= 4 is 28.6 Å². The van der Waals surface area contributed by atoms with Gasteiger partial charge in [0.05, 0.1) is 18.0 Å². The molecule has 1 aromatic heterocycles. The van der Waals surface area contributed by atoms with Gasteiger partial charge < -0.3 is 25.4 Å². The second-order valence-corrected chi connectivity index (χ2v) is 11.4. The zero-order valence-electron chi connectivity index (χ0n) is 25.4. The standard InChI is InChI=1S/C34H43N7O2/c1-3-43-31-22-27(41-17-15-40(16-18-41)26-13-19-42-20-14-26)10-12-29(31)38-34-37-23-25-9-11-28(35)32(33(25)39-34)30(36-2)21-24-7-5-4-6-8-24/h4-8,10,12,22-23,26H,3,9,11,13-21,35H2,1-2H3,(H,37,38,39). The Bertz CT molecular complexity index is 1460. The average molecular weight is 582 g/mol. The van der Waals surface area contributed by atoms with Gasteiger partial charge in [-0.1, -0.05) is 30.3 Å². The SMILES string of the molecule is CCOc1cc(N2CCN(C3CCOCC3)CC2)ccc1Nc1ncc2c(n1)C(C(Cc1ccccc1)=NC)=C(N)CC2. The molecule has 3 N–H and O–H groups in total. The van der Waals surface area contributed by atoms with E-state index in [-0.39, 0.29) is 0 Å². The molecule has 9 heteroatoms. The second kappa shape index (κ2) is 13.6. The lowest BCUT2D eigenvalue weighted by Crippen LogP contribution is -2.51. The first-order valence-electron chi connectivity index (χ1n) is 15.6. The maximum Gasteiger partial charge on any atom is 0.227 e. The van der Waals surface area contributed by atoms with Gasteiger partial charge in [0.15, 0.2) is 0 Å². The van der Waals surface area contributed by atoms with Crippen molar-refractivity contribution in [1.29, 1.82) is 0 Å². The van der Waals surface area contributed by atoms with Crippen LogP contribution in [0.3, 0.4) is 0 Å². The largest absolute Gasteiger partial charge is 0.492 e. The predicted octanol–water partition coefficient (Wildman–Crippen LogP) is 4.85. The van der Waals surface area contributed by atoms with E-state index in [0.717, 1.165) is 105 Å². The van der Waals surface area contributed by atoms with E-state index in [4.69, 9.17) is 20.2 Å². The third kappa shape index (κ3) is 6.68. The summed E-state index contributed by atoms with van der Waals surface area (Å²) in [6.07, 6.45) is 6.48. The van der Waals surface area contributed by atoms with E-state index in [1.807, 2.05) is 38.4 Å². The van der Waals surface area contributed by atoms with E-state index in [0.29, 0.717) is 25.0 Å². The number of nitrogens with one attached hydrogen (secondary N) is 1. The molecule has 0 spiro atoms. The van der Waals surface area contributed by atoms with Crippen LogP contribution in [0.4, 0.5) is 17.3 Å². The molecule has 0 bridgehead atoms. The number of allylic oxidation sites excluding steroid dienone is 2. The number of hydrogen-bond acceptors (Lipinski definition) is 9. The van der Waals surface area contributed by atoms with Crippen LogP contribution < -0.4 is 20.7 Å². The van der Waals surface area contributed by atoms with E-state index in [1.54, 1.807) is 0 Å². The number of anilines is 3. The van der Waals surface area contributed by atoms with Gasteiger partial charge in [-0.25, -0.2) is 9.97 Å². The Labute approximate surface area is 254 Å². The maximum absolute atomic E-state index is 6.61. The van der Waals surface area contributed by atoms with Gasteiger partial charge in [-0.05, 0) is 55.9 Å². The van der Waals surface area contributed by atoms with Crippen LogP contribution in [0.25, 0.3) is 5.57 Å². The molecule has 2 aliphatic heterocycles. The van der Waals surface area contributed by atoms with Gasteiger partial charge in [0.1, 0.15) is 5.75 Å². The zero-order chi connectivity index (χ0) is 29.6. The molecule has 2 saturated heterocycles. The summed E-state index contributed by atoms with van der Waals surface area (Å²) in [7, 11) is 1.83. The van der Waals surface area contributed by atoms with Crippen LogP contribution in [0.15, 0.2) is 65.4 Å². The summed E-state index contributed by atoms with van der Waals surface area (Å²) < 4.78 is 11.7. The highest BCUT2D eigenvalue weighted by atomic mass is 16.5.